The molecule has 0 unspecified atom stereocenters. The molecule has 102 valence electrons. The average molecular weight is 334 g/mol. The third-order valence-electron chi connectivity index (χ3n) is 2.69. The highest BCUT2D eigenvalue weighted by Gasteiger charge is 2.03. The van der Waals surface area contributed by atoms with Crippen LogP contribution in [0, 0.1) is 10.1 Å². The molecule has 2 aromatic carbocycles. The van der Waals surface area contributed by atoms with Crippen LogP contribution in [0.25, 0.3) is 0 Å². The number of anilines is 1. The summed E-state index contributed by atoms with van der Waals surface area (Å²) in [4.78, 5) is 10.1. The van der Waals surface area contributed by atoms with Gasteiger partial charge in [-0.1, -0.05) is 28.1 Å². The van der Waals surface area contributed by atoms with Gasteiger partial charge in [0.15, 0.2) is 0 Å². The Morgan fingerprint density at radius 1 is 1.15 bits per heavy atom. The molecule has 5 nitrogen and oxygen atoms in total. The number of halogens is 1. The first kappa shape index (κ1) is 14.2. The molecular weight excluding hydrogens is 322 g/mol. The summed E-state index contributed by atoms with van der Waals surface area (Å²) < 4.78 is 1.01. The molecule has 2 rings (SSSR count). The molecule has 0 aliphatic heterocycles. The summed E-state index contributed by atoms with van der Waals surface area (Å²) in [5.74, 6) is 0. The van der Waals surface area contributed by atoms with E-state index in [0.29, 0.717) is 5.69 Å². The number of non-ortho nitro benzene ring substituents is 1. The van der Waals surface area contributed by atoms with E-state index in [4.69, 9.17) is 0 Å². The Balaban J connectivity index is 2.08. The number of hydrogen-bond donors (Lipinski definition) is 1. The molecule has 0 aliphatic rings. The summed E-state index contributed by atoms with van der Waals surface area (Å²) in [5, 5.41) is 14.8. The predicted molar refractivity (Wildman–Crippen MR) is 83.1 cm³/mol. The Kier molecular flexibility index (Phi) is 4.47. The van der Waals surface area contributed by atoms with Crippen LogP contribution in [0.3, 0.4) is 0 Å². The molecule has 1 N–H and O–H groups in total. The van der Waals surface area contributed by atoms with Crippen molar-refractivity contribution in [3.8, 4) is 0 Å². The van der Waals surface area contributed by atoms with Crippen molar-refractivity contribution in [1.82, 2.24) is 0 Å². The Bertz CT molecular complexity index is 636. The minimum atomic E-state index is -0.430. The van der Waals surface area contributed by atoms with Crippen molar-refractivity contribution in [3.63, 3.8) is 0 Å². The molecule has 0 amide bonds. The van der Waals surface area contributed by atoms with Crippen LogP contribution >= 0.6 is 15.9 Å². The largest absolute Gasteiger partial charge is 0.278 e. The molecule has 2 aromatic rings. The summed E-state index contributed by atoms with van der Waals surface area (Å²) in [6, 6.07) is 13.9. The van der Waals surface area contributed by atoms with Crippen LogP contribution in [0.1, 0.15) is 12.5 Å². The van der Waals surface area contributed by atoms with Gasteiger partial charge in [0.2, 0.25) is 0 Å². The first-order chi connectivity index (χ1) is 9.56. The minimum Gasteiger partial charge on any atom is -0.278 e. The molecule has 0 spiro atoms. The van der Waals surface area contributed by atoms with Crippen molar-refractivity contribution in [2.45, 2.75) is 6.92 Å². The molecule has 0 bridgehead atoms. The normalized spacial score (nSPS) is 11.2. The van der Waals surface area contributed by atoms with Gasteiger partial charge < -0.3 is 0 Å². The van der Waals surface area contributed by atoms with Crippen molar-refractivity contribution >= 4 is 33.0 Å². The Hall–Kier alpha value is -2.21. The fraction of sp³-hybridized carbons (Fsp3) is 0.0714. The van der Waals surface area contributed by atoms with Gasteiger partial charge in [0, 0.05) is 16.6 Å². The number of benzene rings is 2. The van der Waals surface area contributed by atoms with Crippen molar-refractivity contribution < 1.29 is 4.92 Å². The van der Waals surface area contributed by atoms with Crippen LogP contribution in [0.4, 0.5) is 11.4 Å². The standard InChI is InChI=1S/C14H12BrN3O2/c1-10(11-2-4-12(15)5-3-11)16-17-13-6-8-14(9-7-13)18(19)20/h2-9,17H,1H3/b16-10+. The number of nitrogens with zero attached hydrogens (tertiary/aromatic N) is 2. The Morgan fingerprint density at radius 3 is 2.30 bits per heavy atom. The van der Waals surface area contributed by atoms with E-state index in [1.807, 2.05) is 31.2 Å². The lowest BCUT2D eigenvalue weighted by molar-refractivity contribution is -0.384. The van der Waals surface area contributed by atoms with Crippen LogP contribution in [-0.4, -0.2) is 10.6 Å². The highest BCUT2D eigenvalue weighted by molar-refractivity contribution is 9.10. The first-order valence-electron chi connectivity index (χ1n) is 5.87. The second kappa shape index (κ2) is 6.29. The van der Waals surface area contributed by atoms with Crippen LogP contribution in [0.15, 0.2) is 58.1 Å². The average Bonchev–Trinajstić information content (AvgIpc) is 2.46. The molecule has 0 saturated heterocycles. The van der Waals surface area contributed by atoms with Crippen LogP contribution < -0.4 is 5.43 Å². The zero-order valence-electron chi connectivity index (χ0n) is 10.7. The topological polar surface area (TPSA) is 67.5 Å². The fourth-order valence-corrected chi connectivity index (χ4v) is 1.83. The van der Waals surface area contributed by atoms with Gasteiger partial charge in [-0.3, -0.25) is 15.5 Å². The van der Waals surface area contributed by atoms with Gasteiger partial charge in [0.25, 0.3) is 5.69 Å². The molecule has 0 radical (unpaired) electrons. The summed E-state index contributed by atoms with van der Waals surface area (Å²) in [6.07, 6.45) is 0. The van der Waals surface area contributed by atoms with E-state index in [-0.39, 0.29) is 5.69 Å². The second-order valence-electron chi connectivity index (χ2n) is 4.12. The molecule has 20 heavy (non-hydrogen) atoms. The van der Waals surface area contributed by atoms with E-state index in [1.165, 1.54) is 12.1 Å². The monoisotopic (exact) mass is 333 g/mol. The van der Waals surface area contributed by atoms with Crippen molar-refractivity contribution in [2.24, 2.45) is 5.10 Å². The summed E-state index contributed by atoms with van der Waals surface area (Å²) in [6.45, 7) is 1.89. The summed E-state index contributed by atoms with van der Waals surface area (Å²) in [5.41, 5.74) is 5.47. The molecule has 0 aliphatic carbocycles. The van der Waals surface area contributed by atoms with Crippen LogP contribution in [-0.2, 0) is 0 Å². The van der Waals surface area contributed by atoms with Gasteiger partial charge in [0.1, 0.15) is 0 Å². The maximum Gasteiger partial charge on any atom is 0.269 e. The maximum absolute atomic E-state index is 10.5. The molecule has 0 aromatic heterocycles. The van der Waals surface area contributed by atoms with Gasteiger partial charge >= 0.3 is 0 Å². The Morgan fingerprint density at radius 2 is 1.75 bits per heavy atom. The summed E-state index contributed by atoms with van der Waals surface area (Å²) in [7, 11) is 0. The van der Waals surface area contributed by atoms with Gasteiger partial charge in [-0.15, -0.1) is 0 Å². The molecule has 0 fully saturated rings. The number of hydrogen-bond acceptors (Lipinski definition) is 4. The minimum absolute atomic E-state index is 0.0594. The second-order valence-corrected chi connectivity index (χ2v) is 5.04. The third-order valence-corrected chi connectivity index (χ3v) is 3.22. The van der Waals surface area contributed by atoms with Gasteiger partial charge in [0.05, 0.1) is 16.3 Å². The molecule has 0 atom stereocenters. The third kappa shape index (κ3) is 3.64. The highest BCUT2D eigenvalue weighted by Crippen LogP contribution is 2.16. The Labute approximate surface area is 124 Å². The summed E-state index contributed by atoms with van der Waals surface area (Å²) >= 11 is 3.38. The van der Waals surface area contributed by atoms with Crippen molar-refractivity contribution in [2.75, 3.05) is 5.43 Å². The number of nitro benzene ring substituents is 1. The quantitative estimate of drug-likeness (QED) is 0.518. The number of nitrogens with one attached hydrogen (secondary N) is 1. The fourth-order valence-electron chi connectivity index (χ4n) is 1.56. The zero-order chi connectivity index (χ0) is 14.5. The van der Waals surface area contributed by atoms with E-state index in [2.05, 4.69) is 26.5 Å². The zero-order valence-corrected chi connectivity index (χ0v) is 12.3. The predicted octanol–water partition coefficient (Wildman–Crippen LogP) is 4.19. The van der Waals surface area contributed by atoms with Crippen molar-refractivity contribution in [1.29, 1.82) is 0 Å². The van der Waals surface area contributed by atoms with E-state index in [0.717, 1.165) is 15.7 Å². The number of rotatable bonds is 4. The maximum atomic E-state index is 10.5. The SMILES string of the molecule is C/C(=N\Nc1ccc([N+](=O)[O-])cc1)c1ccc(Br)cc1. The van der Waals surface area contributed by atoms with E-state index < -0.39 is 4.92 Å². The van der Waals surface area contributed by atoms with E-state index >= 15 is 0 Å². The van der Waals surface area contributed by atoms with E-state index in [9.17, 15) is 10.1 Å². The van der Waals surface area contributed by atoms with Crippen LogP contribution in [0.5, 0.6) is 0 Å². The smallest absolute Gasteiger partial charge is 0.269 e. The number of hydrazone groups is 1. The number of nitro groups is 1. The van der Waals surface area contributed by atoms with Gasteiger partial charge in [-0.2, -0.15) is 5.10 Å². The first-order valence-corrected chi connectivity index (χ1v) is 6.66. The van der Waals surface area contributed by atoms with Gasteiger partial charge in [-0.05, 0) is 36.8 Å². The van der Waals surface area contributed by atoms with E-state index in [1.54, 1.807) is 12.1 Å². The lowest BCUT2D eigenvalue weighted by atomic mass is 10.1. The van der Waals surface area contributed by atoms with Gasteiger partial charge in [-0.25, -0.2) is 0 Å². The lowest BCUT2D eigenvalue weighted by Gasteiger charge is -2.03. The molecule has 0 saturated carbocycles. The van der Waals surface area contributed by atoms with Crippen LogP contribution in [0.2, 0.25) is 0 Å². The molecular formula is C14H12BrN3O2. The lowest BCUT2D eigenvalue weighted by Crippen LogP contribution is -1.99. The molecule has 6 heteroatoms. The van der Waals surface area contributed by atoms with Crippen molar-refractivity contribution in [3.05, 3.63) is 68.7 Å². The highest BCUT2D eigenvalue weighted by atomic mass is 79.9. The molecule has 0 heterocycles.